The minimum atomic E-state index is -0.0472. The van der Waals surface area contributed by atoms with Crippen molar-refractivity contribution < 1.29 is 9.90 Å². The number of piperazine rings is 1. The molecule has 5 nitrogen and oxygen atoms in total. The summed E-state index contributed by atoms with van der Waals surface area (Å²) in [5.74, 6) is 0.579. The first-order valence-electron chi connectivity index (χ1n) is 14.3. The zero-order valence-electron chi connectivity index (χ0n) is 21.5. The van der Waals surface area contributed by atoms with Gasteiger partial charge in [0.15, 0.2) is 0 Å². The second kappa shape index (κ2) is 10.2. The molecule has 0 spiro atoms. The Bertz CT molecular complexity index is 1020. The topological polar surface area (TPSA) is 47.0 Å². The van der Waals surface area contributed by atoms with Crippen molar-refractivity contribution in [1.82, 2.24) is 14.7 Å². The van der Waals surface area contributed by atoms with Gasteiger partial charge in [-0.05, 0) is 68.2 Å². The van der Waals surface area contributed by atoms with Gasteiger partial charge in [-0.2, -0.15) is 0 Å². The SMILES string of the molecule is C=CCN1C2CCC1C1CCC2N1C(C1=CCC(C(=O)N2CCCCCC2)C=C1)c1cccc(O)c1. The Kier molecular flexibility index (Phi) is 6.78. The molecule has 6 rings (SSSR count). The fourth-order valence-electron chi connectivity index (χ4n) is 8.00. The predicted octanol–water partition coefficient (Wildman–Crippen LogP) is 5.20. The molecule has 6 unspecified atom stereocenters. The van der Waals surface area contributed by atoms with Crippen LogP contribution in [-0.4, -0.2) is 69.5 Å². The number of nitrogens with zero attached hydrogens (tertiary/aromatic N) is 3. The van der Waals surface area contributed by atoms with Crippen LogP contribution in [0.4, 0.5) is 0 Å². The summed E-state index contributed by atoms with van der Waals surface area (Å²) in [6, 6.07) is 10.2. The van der Waals surface area contributed by atoms with Crippen LogP contribution in [0.1, 0.15) is 69.4 Å². The third-order valence-corrected chi connectivity index (χ3v) is 9.53. The van der Waals surface area contributed by atoms with Crippen LogP contribution in [0.15, 0.2) is 60.7 Å². The molecule has 4 bridgehead atoms. The molecule has 6 atom stereocenters. The van der Waals surface area contributed by atoms with Crippen LogP contribution in [0.25, 0.3) is 0 Å². The minimum Gasteiger partial charge on any atom is -0.508 e. The number of rotatable bonds is 6. The summed E-state index contributed by atoms with van der Waals surface area (Å²) < 4.78 is 0. The van der Waals surface area contributed by atoms with Crippen LogP contribution in [0, 0.1) is 5.92 Å². The van der Waals surface area contributed by atoms with E-state index < -0.39 is 0 Å². The van der Waals surface area contributed by atoms with Crippen LogP contribution >= 0.6 is 0 Å². The van der Waals surface area contributed by atoms with Gasteiger partial charge < -0.3 is 10.0 Å². The molecule has 1 N–H and O–H groups in total. The van der Waals surface area contributed by atoms with Crippen LogP contribution in [0.5, 0.6) is 5.75 Å². The lowest BCUT2D eigenvalue weighted by atomic mass is 9.86. The molecule has 36 heavy (non-hydrogen) atoms. The number of amides is 1. The highest BCUT2D eigenvalue weighted by atomic mass is 16.3. The zero-order valence-corrected chi connectivity index (χ0v) is 21.5. The Morgan fingerprint density at radius 2 is 1.72 bits per heavy atom. The summed E-state index contributed by atoms with van der Waals surface area (Å²) in [5.41, 5.74) is 2.45. The Morgan fingerprint density at radius 1 is 1.03 bits per heavy atom. The predicted molar refractivity (Wildman–Crippen MR) is 144 cm³/mol. The normalized spacial score (nSPS) is 33.3. The quantitative estimate of drug-likeness (QED) is 0.560. The molecule has 0 aromatic heterocycles. The van der Waals surface area contributed by atoms with E-state index in [-0.39, 0.29) is 12.0 Å². The molecule has 0 radical (unpaired) electrons. The third kappa shape index (κ3) is 4.24. The van der Waals surface area contributed by atoms with Crippen molar-refractivity contribution in [3.05, 3.63) is 66.3 Å². The largest absolute Gasteiger partial charge is 0.508 e. The lowest BCUT2D eigenvalue weighted by molar-refractivity contribution is -0.133. The number of phenolic OH excluding ortho intramolecular Hbond substituents is 1. The Balaban J connectivity index is 1.28. The molecule has 5 aliphatic rings. The van der Waals surface area contributed by atoms with E-state index in [1.54, 1.807) is 6.07 Å². The van der Waals surface area contributed by atoms with E-state index in [9.17, 15) is 9.90 Å². The number of aromatic hydroxyl groups is 1. The first kappa shape index (κ1) is 24.0. The van der Waals surface area contributed by atoms with E-state index in [4.69, 9.17) is 0 Å². The summed E-state index contributed by atoms with van der Waals surface area (Å²) in [7, 11) is 0. The summed E-state index contributed by atoms with van der Waals surface area (Å²) in [6.45, 7) is 6.84. The first-order chi connectivity index (χ1) is 17.7. The van der Waals surface area contributed by atoms with Gasteiger partial charge in [0, 0.05) is 43.8 Å². The summed E-state index contributed by atoms with van der Waals surface area (Å²) >= 11 is 0. The molecule has 1 aromatic carbocycles. The van der Waals surface area contributed by atoms with Crippen LogP contribution in [-0.2, 0) is 4.79 Å². The first-order valence-corrected chi connectivity index (χ1v) is 14.3. The molecule has 192 valence electrons. The molecular weight excluding hydrogens is 446 g/mol. The van der Waals surface area contributed by atoms with Gasteiger partial charge in [-0.1, -0.05) is 49.3 Å². The molecule has 4 heterocycles. The number of fused-ring (bicyclic) bond motifs is 6. The van der Waals surface area contributed by atoms with Crippen LogP contribution < -0.4 is 0 Å². The van der Waals surface area contributed by atoms with E-state index in [1.807, 2.05) is 12.1 Å². The molecule has 1 amide bonds. The smallest absolute Gasteiger partial charge is 0.229 e. The van der Waals surface area contributed by atoms with E-state index >= 15 is 0 Å². The lowest BCUT2D eigenvalue weighted by Gasteiger charge is -2.50. The Morgan fingerprint density at radius 3 is 2.33 bits per heavy atom. The standard InChI is InChI=1S/C31H41N3O2/c1-2-18-33-26-14-15-27(33)29-17-16-28(26)34(29)30(24-8-7-9-25(35)21-24)22-10-12-23(13-11-22)31(36)32-19-5-3-4-6-20-32/h2,7-12,21,23,26-30,35H,1,3-6,13-20H2. The fourth-order valence-corrected chi connectivity index (χ4v) is 8.00. The van der Waals surface area contributed by atoms with Gasteiger partial charge in [0.2, 0.25) is 5.91 Å². The average molecular weight is 488 g/mol. The van der Waals surface area contributed by atoms with Crippen molar-refractivity contribution in [3.63, 3.8) is 0 Å². The number of phenols is 1. The van der Waals surface area contributed by atoms with Crippen LogP contribution in [0.3, 0.4) is 0 Å². The second-order valence-corrected chi connectivity index (χ2v) is 11.5. The molecule has 1 aromatic rings. The van der Waals surface area contributed by atoms with E-state index in [0.717, 1.165) is 44.5 Å². The lowest BCUT2D eigenvalue weighted by Crippen LogP contribution is -2.61. The van der Waals surface area contributed by atoms with E-state index in [0.29, 0.717) is 35.8 Å². The van der Waals surface area contributed by atoms with Gasteiger partial charge in [-0.3, -0.25) is 14.6 Å². The summed E-state index contributed by atoms with van der Waals surface area (Å²) in [6.07, 6.45) is 19.3. The summed E-state index contributed by atoms with van der Waals surface area (Å²) in [4.78, 5) is 20.9. The zero-order chi connectivity index (χ0) is 24.6. The fraction of sp³-hybridized carbons (Fsp3) is 0.581. The maximum Gasteiger partial charge on any atom is 0.229 e. The van der Waals surface area contributed by atoms with Gasteiger partial charge in [0.25, 0.3) is 0 Å². The highest BCUT2D eigenvalue weighted by Crippen LogP contribution is 2.51. The number of carbonyl (C=O) groups excluding carboxylic acids is 1. The number of likely N-dealkylation sites (tertiary alicyclic amines) is 1. The van der Waals surface area contributed by atoms with Gasteiger partial charge in [-0.25, -0.2) is 0 Å². The Labute approximate surface area is 216 Å². The molecule has 4 aliphatic heterocycles. The number of hydrogen-bond acceptors (Lipinski definition) is 4. The second-order valence-electron chi connectivity index (χ2n) is 11.5. The van der Waals surface area contributed by atoms with Crippen molar-refractivity contribution in [2.24, 2.45) is 5.92 Å². The number of benzene rings is 1. The van der Waals surface area contributed by atoms with Crippen molar-refractivity contribution in [2.75, 3.05) is 19.6 Å². The summed E-state index contributed by atoms with van der Waals surface area (Å²) in [5, 5.41) is 10.4. The molecule has 1 aliphatic carbocycles. The number of allylic oxidation sites excluding steroid dienone is 1. The molecular formula is C31H41N3O2. The Hall–Kier alpha value is -2.37. The molecule has 0 saturated carbocycles. The highest BCUT2D eigenvalue weighted by molar-refractivity contribution is 5.81. The van der Waals surface area contributed by atoms with E-state index in [2.05, 4.69) is 51.6 Å². The number of carbonyl (C=O) groups is 1. The average Bonchev–Trinajstić information content (AvgIpc) is 3.25. The van der Waals surface area contributed by atoms with Crippen molar-refractivity contribution in [3.8, 4) is 5.75 Å². The van der Waals surface area contributed by atoms with Crippen molar-refractivity contribution >= 4 is 5.91 Å². The third-order valence-electron chi connectivity index (χ3n) is 9.53. The monoisotopic (exact) mass is 487 g/mol. The molecule has 4 saturated heterocycles. The van der Waals surface area contributed by atoms with Crippen molar-refractivity contribution in [2.45, 2.75) is 88.0 Å². The van der Waals surface area contributed by atoms with E-state index in [1.165, 1.54) is 44.1 Å². The van der Waals surface area contributed by atoms with Crippen molar-refractivity contribution in [1.29, 1.82) is 0 Å². The minimum absolute atomic E-state index is 0.0472. The van der Waals surface area contributed by atoms with Crippen LogP contribution in [0.2, 0.25) is 0 Å². The molecule has 4 fully saturated rings. The van der Waals surface area contributed by atoms with Gasteiger partial charge in [0.1, 0.15) is 5.75 Å². The maximum absolute atomic E-state index is 13.3. The van der Waals surface area contributed by atoms with Gasteiger partial charge in [-0.15, -0.1) is 6.58 Å². The van der Waals surface area contributed by atoms with Gasteiger partial charge >= 0.3 is 0 Å². The highest BCUT2D eigenvalue weighted by Gasteiger charge is 2.56. The maximum atomic E-state index is 13.3. The molecule has 5 heteroatoms. The van der Waals surface area contributed by atoms with Gasteiger partial charge in [0.05, 0.1) is 12.0 Å². The number of hydrogen-bond donors (Lipinski definition) is 1.